The molecule has 3 atom stereocenters. The van der Waals surface area contributed by atoms with Gasteiger partial charge in [-0.2, -0.15) is 13.2 Å². The van der Waals surface area contributed by atoms with Gasteiger partial charge in [0.15, 0.2) is 19.6 Å². The van der Waals surface area contributed by atoms with Crippen LogP contribution >= 0.6 is 0 Å². The maximum atomic E-state index is 13.0. The maximum Gasteiger partial charge on any atom is 0.416 e. The second-order valence-corrected chi connectivity index (χ2v) is 11.4. The number of halogens is 3. The number of hydrogen-bond donors (Lipinski definition) is 8. The Hall–Kier alpha value is -5.05. The molecule has 17 nitrogen and oxygen atoms in total. The summed E-state index contributed by atoms with van der Waals surface area (Å²) in [5.41, 5.74) is -2.56. The summed E-state index contributed by atoms with van der Waals surface area (Å²) in [7, 11) is 0.473. The number of ether oxygens (including phenoxy) is 1. The van der Waals surface area contributed by atoms with Crippen LogP contribution in [0.4, 0.5) is 13.2 Å². The Bertz CT molecular complexity index is 1350. The second-order valence-electron chi connectivity index (χ2n) is 11.4. The number of aldehydes is 1. The first-order valence-electron chi connectivity index (χ1n) is 15.2. The molecule has 3 unspecified atom stereocenters. The van der Waals surface area contributed by atoms with Crippen molar-refractivity contribution < 1.29 is 61.4 Å². The van der Waals surface area contributed by atoms with Crippen molar-refractivity contribution in [2.75, 3.05) is 39.5 Å². The summed E-state index contributed by atoms with van der Waals surface area (Å²) >= 11 is 0. The molecule has 21 heteroatoms. The van der Waals surface area contributed by atoms with Gasteiger partial charge >= 0.3 is 12.1 Å². The number of hydrogen-bond acceptors (Lipinski definition) is 10. The number of nitrogens with one attached hydrogen (secondary N) is 7. The van der Waals surface area contributed by atoms with E-state index in [1.54, 1.807) is 44.2 Å². The van der Waals surface area contributed by atoms with E-state index in [0.717, 1.165) is 0 Å². The molecule has 0 bridgehead atoms. The summed E-state index contributed by atoms with van der Waals surface area (Å²) in [6.45, 7) is -0.160. The standard InChI is InChI=1S/C29H41BF3N7O10/c1-17(2)8-21(42)40-20(10-34-14-25(46)47)27(49)37-11-22(43)35-13-24(45)39-19(9-18-6-4-3-5-7-18)26(48)36-12-23(44)38-16-50-28(30,15-41)29(31,32)33/h3-7,15,17,19-20,34H,8-14,16,30H2,1-2H3,(H,35,43)(H,36,48)(H,37,49)(H,38,44)(H,39,45)(H,40,42)(H,46,47). The largest absolute Gasteiger partial charge is 0.480 e. The molecule has 0 radical (unpaired) electrons. The Morgan fingerprint density at radius 1 is 0.800 bits per heavy atom. The fraction of sp³-hybridized carbons (Fsp3) is 0.517. The van der Waals surface area contributed by atoms with E-state index >= 15 is 0 Å². The highest BCUT2D eigenvalue weighted by atomic mass is 19.4. The molecule has 0 spiro atoms. The van der Waals surface area contributed by atoms with E-state index in [4.69, 9.17) is 5.11 Å². The minimum absolute atomic E-state index is 0.0256. The molecule has 276 valence electrons. The van der Waals surface area contributed by atoms with Crippen molar-refractivity contribution in [2.24, 2.45) is 5.92 Å². The molecule has 1 aromatic rings. The number of carbonyl (C=O) groups is 8. The fourth-order valence-corrected chi connectivity index (χ4v) is 3.80. The summed E-state index contributed by atoms with van der Waals surface area (Å²) in [4.78, 5) is 96.4. The van der Waals surface area contributed by atoms with Crippen molar-refractivity contribution in [3.63, 3.8) is 0 Å². The molecular formula is C29H41BF3N7O10. The number of benzene rings is 1. The summed E-state index contributed by atoms with van der Waals surface area (Å²) in [6.07, 6.45) is -5.47. The van der Waals surface area contributed by atoms with Gasteiger partial charge in [-0.05, 0) is 11.5 Å². The Morgan fingerprint density at radius 3 is 1.88 bits per heavy atom. The lowest BCUT2D eigenvalue weighted by Crippen LogP contribution is -2.54. The monoisotopic (exact) mass is 715 g/mol. The minimum atomic E-state index is -5.04. The first kappa shape index (κ1) is 43.0. The van der Waals surface area contributed by atoms with Crippen molar-refractivity contribution in [3.05, 3.63) is 35.9 Å². The Morgan fingerprint density at radius 2 is 1.34 bits per heavy atom. The van der Waals surface area contributed by atoms with E-state index in [1.165, 1.54) is 0 Å². The lowest BCUT2D eigenvalue weighted by atomic mass is 9.82. The van der Waals surface area contributed by atoms with Crippen LogP contribution in [-0.4, -0.2) is 124 Å². The van der Waals surface area contributed by atoms with Crippen molar-refractivity contribution in [2.45, 2.75) is 50.4 Å². The van der Waals surface area contributed by atoms with E-state index in [-0.39, 0.29) is 25.3 Å². The number of carboxylic acids is 1. The molecular weight excluding hydrogens is 674 g/mol. The van der Waals surface area contributed by atoms with Gasteiger partial charge in [-0.1, -0.05) is 44.2 Å². The number of amides is 6. The molecule has 0 heterocycles. The number of carboxylic acid groups (broad SMARTS) is 1. The third kappa shape index (κ3) is 16.9. The van der Waals surface area contributed by atoms with Crippen LogP contribution < -0.4 is 37.2 Å². The third-order valence-electron chi connectivity index (χ3n) is 6.53. The number of rotatable bonds is 22. The Kier molecular flexibility index (Phi) is 18.2. The zero-order valence-electron chi connectivity index (χ0n) is 27.6. The Balaban J connectivity index is 2.72. The zero-order valence-corrected chi connectivity index (χ0v) is 27.6. The third-order valence-corrected chi connectivity index (χ3v) is 6.53. The van der Waals surface area contributed by atoms with E-state index in [1.807, 2.05) is 5.32 Å². The molecule has 0 fully saturated rings. The number of carbonyl (C=O) groups excluding carboxylic acids is 7. The van der Waals surface area contributed by atoms with E-state index in [2.05, 4.69) is 36.6 Å². The molecule has 0 saturated carbocycles. The molecule has 0 aromatic heterocycles. The molecule has 1 aromatic carbocycles. The highest BCUT2D eigenvalue weighted by Crippen LogP contribution is 2.29. The van der Waals surface area contributed by atoms with E-state index < -0.39 is 104 Å². The van der Waals surface area contributed by atoms with Gasteiger partial charge in [-0.25, -0.2) is 0 Å². The van der Waals surface area contributed by atoms with Crippen LogP contribution in [0.2, 0.25) is 0 Å². The van der Waals surface area contributed by atoms with Gasteiger partial charge in [0.2, 0.25) is 35.4 Å². The van der Waals surface area contributed by atoms with Crippen molar-refractivity contribution in [1.82, 2.24) is 37.2 Å². The molecule has 1 rings (SSSR count). The van der Waals surface area contributed by atoms with Crippen molar-refractivity contribution >= 4 is 55.5 Å². The summed E-state index contributed by atoms with van der Waals surface area (Å²) in [6, 6.07) is 5.88. The summed E-state index contributed by atoms with van der Waals surface area (Å²) < 4.78 is 43.3. The number of alkyl halides is 3. The van der Waals surface area contributed by atoms with Crippen molar-refractivity contribution in [1.29, 1.82) is 0 Å². The van der Waals surface area contributed by atoms with Crippen LogP contribution in [0.25, 0.3) is 0 Å². The normalized spacial score (nSPS) is 13.5. The average molecular weight is 715 g/mol. The van der Waals surface area contributed by atoms with Crippen molar-refractivity contribution in [3.8, 4) is 0 Å². The molecule has 50 heavy (non-hydrogen) atoms. The van der Waals surface area contributed by atoms with Gasteiger partial charge in [0, 0.05) is 19.4 Å². The molecule has 6 amide bonds. The lowest BCUT2D eigenvalue weighted by Gasteiger charge is -2.26. The lowest BCUT2D eigenvalue weighted by molar-refractivity contribution is -0.231. The Labute approximate surface area is 286 Å². The van der Waals surface area contributed by atoms with Gasteiger partial charge in [-0.3, -0.25) is 33.6 Å². The summed E-state index contributed by atoms with van der Waals surface area (Å²) in [5.74, 6) is -5.96. The first-order valence-corrected chi connectivity index (χ1v) is 15.2. The summed E-state index contributed by atoms with van der Waals surface area (Å²) in [5, 5.41) is 24.9. The van der Waals surface area contributed by atoms with Crippen LogP contribution in [-0.2, 0) is 49.5 Å². The van der Waals surface area contributed by atoms with E-state index in [9.17, 15) is 51.5 Å². The molecule has 0 saturated heterocycles. The van der Waals surface area contributed by atoms with Crippen LogP contribution in [0, 0.1) is 5.92 Å². The highest BCUT2D eigenvalue weighted by Gasteiger charge is 2.52. The SMILES string of the molecule is BC(C=O)(OCNC(=O)CNC(=O)C(Cc1ccccc1)NC(=O)CNC(=O)CNC(=O)C(CNCC(=O)O)NC(=O)CC(C)C)C(F)(F)F. The quantitative estimate of drug-likeness (QED) is 0.0332. The zero-order chi connectivity index (χ0) is 37.9. The smallest absolute Gasteiger partial charge is 0.416 e. The van der Waals surface area contributed by atoms with Crippen LogP contribution in [0.1, 0.15) is 25.8 Å². The number of aliphatic carboxylic acids is 1. The van der Waals surface area contributed by atoms with E-state index in [0.29, 0.717) is 13.4 Å². The fourth-order valence-electron chi connectivity index (χ4n) is 3.80. The molecule has 0 aliphatic carbocycles. The highest BCUT2D eigenvalue weighted by molar-refractivity contribution is 6.24. The maximum absolute atomic E-state index is 13.0. The minimum Gasteiger partial charge on any atom is -0.480 e. The molecule has 8 N–H and O–H groups in total. The predicted octanol–water partition coefficient (Wildman–Crippen LogP) is -3.55. The van der Waals surface area contributed by atoms with Gasteiger partial charge < -0.3 is 51.9 Å². The van der Waals surface area contributed by atoms with Crippen LogP contribution in [0.15, 0.2) is 30.3 Å². The van der Waals surface area contributed by atoms with Gasteiger partial charge in [0.1, 0.15) is 18.8 Å². The average Bonchev–Trinajstić information content (AvgIpc) is 3.03. The van der Waals surface area contributed by atoms with Crippen LogP contribution in [0.3, 0.4) is 0 Å². The predicted molar refractivity (Wildman–Crippen MR) is 170 cm³/mol. The molecule has 0 aliphatic heterocycles. The van der Waals surface area contributed by atoms with Gasteiger partial charge in [-0.15, -0.1) is 0 Å². The first-order chi connectivity index (χ1) is 23.4. The van der Waals surface area contributed by atoms with Crippen LogP contribution in [0.5, 0.6) is 0 Å². The van der Waals surface area contributed by atoms with Gasteiger partial charge in [0.05, 0.1) is 26.2 Å². The molecule has 0 aliphatic rings. The second kappa shape index (κ2) is 21.1. The topological polar surface area (TPSA) is 250 Å². The van der Waals surface area contributed by atoms with Gasteiger partial charge in [0.25, 0.3) is 0 Å².